The number of nitrogens with two attached hydrogens (primary N) is 1. The molecule has 2 aliphatic rings. The van der Waals surface area contributed by atoms with Crippen molar-refractivity contribution in [2.75, 3.05) is 0 Å². The Morgan fingerprint density at radius 1 is 1.11 bits per heavy atom. The van der Waals surface area contributed by atoms with Gasteiger partial charge in [0.15, 0.2) is 0 Å². The molecule has 0 radical (unpaired) electrons. The fourth-order valence-corrected chi connectivity index (χ4v) is 3.74. The quantitative estimate of drug-likeness (QED) is 0.494. The van der Waals surface area contributed by atoms with E-state index < -0.39 is 0 Å². The zero-order valence-electron chi connectivity index (χ0n) is 11.6. The number of benzene rings is 1. The molecule has 102 valence electrons. The van der Waals surface area contributed by atoms with Crippen LogP contribution in [0.1, 0.15) is 55.6 Å². The summed E-state index contributed by atoms with van der Waals surface area (Å²) in [5.74, 6) is 6.46. The summed E-state index contributed by atoms with van der Waals surface area (Å²) in [6.07, 6.45) is 11.3. The minimum Gasteiger partial charge on any atom is -0.271 e. The van der Waals surface area contributed by atoms with Crippen LogP contribution in [-0.2, 0) is 6.42 Å². The molecule has 0 spiro atoms. The van der Waals surface area contributed by atoms with E-state index in [-0.39, 0.29) is 0 Å². The number of allylic oxidation sites excluding steroid dienone is 1. The van der Waals surface area contributed by atoms with Gasteiger partial charge in [-0.15, -0.1) is 0 Å². The second-order valence-corrected chi connectivity index (χ2v) is 5.87. The van der Waals surface area contributed by atoms with Crippen LogP contribution in [0.2, 0.25) is 0 Å². The number of nitrogens with one attached hydrogen (secondary N) is 1. The van der Waals surface area contributed by atoms with Crippen molar-refractivity contribution in [1.82, 2.24) is 5.43 Å². The van der Waals surface area contributed by atoms with E-state index in [1.165, 1.54) is 56.1 Å². The number of hydrogen-bond acceptors (Lipinski definition) is 2. The molecule has 19 heavy (non-hydrogen) atoms. The van der Waals surface area contributed by atoms with Crippen molar-refractivity contribution < 1.29 is 0 Å². The molecular weight excluding hydrogens is 232 g/mol. The van der Waals surface area contributed by atoms with Crippen molar-refractivity contribution in [3.63, 3.8) is 0 Å². The van der Waals surface area contributed by atoms with Crippen molar-refractivity contribution in [2.24, 2.45) is 5.84 Å². The van der Waals surface area contributed by atoms with E-state index in [4.69, 9.17) is 5.84 Å². The van der Waals surface area contributed by atoms with Crippen molar-refractivity contribution in [3.8, 4) is 0 Å². The van der Waals surface area contributed by atoms with Gasteiger partial charge in [0.05, 0.1) is 0 Å². The van der Waals surface area contributed by atoms with Crippen molar-refractivity contribution in [3.05, 3.63) is 47.0 Å². The predicted octanol–water partition coefficient (Wildman–Crippen LogP) is 3.44. The van der Waals surface area contributed by atoms with E-state index in [1.54, 1.807) is 5.57 Å². The third-order valence-electron chi connectivity index (χ3n) is 4.74. The van der Waals surface area contributed by atoms with Gasteiger partial charge in [-0.25, -0.2) is 0 Å². The first-order valence-corrected chi connectivity index (χ1v) is 7.63. The first-order chi connectivity index (χ1) is 9.40. The molecule has 2 aliphatic carbocycles. The minimum absolute atomic E-state index is 0.335. The maximum absolute atomic E-state index is 5.90. The molecule has 0 aliphatic heterocycles. The molecule has 2 atom stereocenters. The predicted molar refractivity (Wildman–Crippen MR) is 79.8 cm³/mol. The fourth-order valence-electron chi connectivity index (χ4n) is 3.74. The largest absolute Gasteiger partial charge is 0.271 e. The van der Waals surface area contributed by atoms with Gasteiger partial charge >= 0.3 is 0 Å². The van der Waals surface area contributed by atoms with E-state index in [1.807, 2.05) is 0 Å². The zero-order chi connectivity index (χ0) is 13.1. The van der Waals surface area contributed by atoms with Gasteiger partial charge in [-0.1, -0.05) is 42.3 Å². The Morgan fingerprint density at radius 2 is 2.00 bits per heavy atom. The molecule has 0 fully saturated rings. The third-order valence-corrected chi connectivity index (χ3v) is 4.74. The summed E-state index contributed by atoms with van der Waals surface area (Å²) < 4.78 is 0. The van der Waals surface area contributed by atoms with Crippen molar-refractivity contribution >= 4 is 0 Å². The smallest absolute Gasteiger partial charge is 0.0488 e. The van der Waals surface area contributed by atoms with Gasteiger partial charge in [-0.05, 0) is 49.7 Å². The summed E-state index contributed by atoms with van der Waals surface area (Å²) in [5, 5.41) is 0. The lowest BCUT2D eigenvalue weighted by molar-refractivity contribution is 0.473. The summed E-state index contributed by atoms with van der Waals surface area (Å²) in [6.45, 7) is 0. The van der Waals surface area contributed by atoms with Gasteiger partial charge in [0.25, 0.3) is 0 Å². The molecule has 0 aromatic heterocycles. The van der Waals surface area contributed by atoms with Gasteiger partial charge in [0.1, 0.15) is 0 Å². The summed E-state index contributed by atoms with van der Waals surface area (Å²) in [4.78, 5) is 0. The summed E-state index contributed by atoms with van der Waals surface area (Å²) >= 11 is 0. The molecule has 0 saturated carbocycles. The summed E-state index contributed by atoms with van der Waals surface area (Å²) in [6, 6.07) is 9.20. The first kappa shape index (κ1) is 12.9. The molecule has 2 heteroatoms. The van der Waals surface area contributed by atoms with Gasteiger partial charge in [-0.3, -0.25) is 11.3 Å². The summed E-state index contributed by atoms with van der Waals surface area (Å²) in [5.41, 5.74) is 7.68. The van der Waals surface area contributed by atoms with E-state index in [9.17, 15) is 0 Å². The third kappa shape index (κ3) is 2.60. The minimum atomic E-state index is 0.335. The molecule has 3 rings (SSSR count). The molecule has 0 bridgehead atoms. The van der Waals surface area contributed by atoms with Crippen molar-refractivity contribution in [2.45, 2.75) is 56.9 Å². The average molecular weight is 256 g/mol. The Kier molecular flexibility index (Phi) is 4.00. The standard InChI is InChI=1S/C17H24N2/c18-19-17(14-8-3-1-2-4-9-14)16-12-11-13-7-5-6-10-15(13)16/h5-8,10,16-17,19H,1-4,9,11-12,18H2. The van der Waals surface area contributed by atoms with Gasteiger partial charge in [0.2, 0.25) is 0 Å². The average Bonchev–Trinajstić information content (AvgIpc) is 2.69. The van der Waals surface area contributed by atoms with Crippen LogP contribution in [0, 0.1) is 0 Å². The number of fused-ring (bicyclic) bond motifs is 1. The van der Waals surface area contributed by atoms with Crippen LogP contribution < -0.4 is 11.3 Å². The second-order valence-electron chi connectivity index (χ2n) is 5.87. The first-order valence-electron chi connectivity index (χ1n) is 7.63. The molecular formula is C17H24N2. The fraction of sp³-hybridized carbons (Fsp3) is 0.529. The monoisotopic (exact) mass is 256 g/mol. The Balaban J connectivity index is 1.85. The van der Waals surface area contributed by atoms with Crippen LogP contribution in [-0.4, -0.2) is 6.04 Å². The molecule has 2 nitrogen and oxygen atoms in total. The second kappa shape index (κ2) is 5.89. The molecule has 0 saturated heterocycles. The maximum Gasteiger partial charge on any atom is 0.0488 e. The Morgan fingerprint density at radius 3 is 2.89 bits per heavy atom. The summed E-state index contributed by atoms with van der Waals surface area (Å²) in [7, 11) is 0. The van der Waals surface area contributed by atoms with Crippen LogP contribution >= 0.6 is 0 Å². The van der Waals surface area contributed by atoms with Crippen LogP contribution in [0.3, 0.4) is 0 Å². The highest BCUT2D eigenvalue weighted by Gasteiger charge is 2.31. The van der Waals surface area contributed by atoms with Gasteiger partial charge < -0.3 is 0 Å². The molecule has 2 unspecified atom stereocenters. The highest BCUT2D eigenvalue weighted by Crippen LogP contribution is 2.38. The number of hydrazine groups is 1. The van der Waals surface area contributed by atoms with E-state index in [0.717, 1.165) is 0 Å². The number of aryl methyl sites for hydroxylation is 1. The van der Waals surface area contributed by atoms with E-state index in [0.29, 0.717) is 12.0 Å². The van der Waals surface area contributed by atoms with Crippen LogP contribution in [0.15, 0.2) is 35.9 Å². The highest BCUT2D eigenvalue weighted by atomic mass is 15.2. The zero-order valence-corrected chi connectivity index (χ0v) is 11.6. The van der Waals surface area contributed by atoms with E-state index >= 15 is 0 Å². The van der Waals surface area contributed by atoms with Crippen LogP contribution in [0.5, 0.6) is 0 Å². The lowest BCUT2D eigenvalue weighted by Gasteiger charge is -2.26. The number of rotatable bonds is 3. The van der Waals surface area contributed by atoms with Crippen molar-refractivity contribution in [1.29, 1.82) is 0 Å². The van der Waals surface area contributed by atoms with E-state index in [2.05, 4.69) is 35.8 Å². The number of hydrogen-bond donors (Lipinski definition) is 2. The van der Waals surface area contributed by atoms with Crippen LogP contribution in [0.25, 0.3) is 0 Å². The topological polar surface area (TPSA) is 38.0 Å². The Labute approximate surface area is 116 Å². The Bertz CT molecular complexity index is 464. The van der Waals surface area contributed by atoms with Gasteiger partial charge in [-0.2, -0.15) is 0 Å². The SMILES string of the molecule is NNC(C1=CCCCCC1)C1CCc2ccccc21. The maximum atomic E-state index is 5.90. The molecule has 1 aromatic rings. The normalized spacial score (nSPS) is 24.5. The molecule has 3 N–H and O–H groups in total. The lowest BCUT2D eigenvalue weighted by atomic mass is 9.86. The Hall–Kier alpha value is -1.12. The van der Waals surface area contributed by atoms with Gasteiger partial charge in [0, 0.05) is 12.0 Å². The van der Waals surface area contributed by atoms with Crippen LogP contribution in [0.4, 0.5) is 0 Å². The lowest BCUT2D eigenvalue weighted by Crippen LogP contribution is -2.40. The molecule has 0 heterocycles. The molecule has 1 aromatic carbocycles. The molecule has 0 amide bonds. The highest BCUT2D eigenvalue weighted by molar-refractivity contribution is 5.38.